The minimum atomic E-state index is -0.578. The molecule has 18 heavy (non-hydrogen) atoms. The molecule has 0 bridgehead atoms. The second-order valence-electron chi connectivity index (χ2n) is 4.93. The molecule has 6 nitrogen and oxygen atoms in total. The SMILES string of the molecule is CC(=CN(C(N)=O)C1CC(C)C(CO)O1)C(C)N. The summed E-state index contributed by atoms with van der Waals surface area (Å²) in [5, 5.41) is 9.15. The molecule has 0 aromatic carbocycles. The number of aliphatic hydroxyl groups is 1. The van der Waals surface area contributed by atoms with Crippen LogP contribution in [0.5, 0.6) is 0 Å². The van der Waals surface area contributed by atoms with Crippen molar-refractivity contribution in [2.24, 2.45) is 17.4 Å². The van der Waals surface area contributed by atoms with Crippen LogP contribution in [0.3, 0.4) is 0 Å². The molecule has 0 saturated carbocycles. The molecule has 0 aromatic rings. The second kappa shape index (κ2) is 6.17. The lowest BCUT2D eigenvalue weighted by Crippen LogP contribution is -2.41. The highest BCUT2D eigenvalue weighted by Gasteiger charge is 2.36. The van der Waals surface area contributed by atoms with E-state index >= 15 is 0 Å². The molecule has 1 heterocycles. The fraction of sp³-hybridized carbons (Fsp3) is 0.750. The highest BCUT2D eigenvalue weighted by atomic mass is 16.5. The van der Waals surface area contributed by atoms with Crippen molar-refractivity contribution in [3.8, 4) is 0 Å². The van der Waals surface area contributed by atoms with E-state index in [1.54, 1.807) is 6.20 Å². The van der Waals surface area contributed by atoms with E-state index in [4.69, 9.17) is 21.3 Å². The number of ether oxygens (including phenoxy) is 1. The number of nitrogens with two attached hydrogens (primary N) is 2. The minimum absolute atomic E-state index is 0.0553. The van der Waals surface area contributed by atoms with Gasteiger partial charge in [0.15, 0.2) is 0 Å². The Morgan fingerprint density at radius 3 is 2.67 bits per heavy atom. The van der Waals surface area contributed by atoms with Crippen molar-refractivity contribution in [1.82, 2.24) is 4.90 Å². The molecule has 104 valence electrons. The van der Waals surface area contributed by atoms with Crippen LogP contribution in [0, 0.1) is 5.92 Å². The molecule has 1 saturated heterocycles. The molecule has 1 fully saturated rings. The zero-order chi connectivity index (χ0) is 13.9. The third kappa shape index (κ3) is 3.44. The van der Waals surface area contributed by atoms with Crippen molar-refractivity contribution in [3.63, 3.8) is 0 Å². The third-order valence-corrected chi connectivity index (χ3v) is 3.35. The van der Waals surface area contributed by atoms with E-state index in [1.165, 1.54) is 4.90 Å². The molecule has 4 atom stereocenters. The lowest BCUT2D eigenvalue weighted by Gasteiger charge is -2.25. The van der Waals surface area contributed by atoms with Gasteiger partial charge >= 0.3 is 6.03 Å². The number of carbonyl (C=O) groups excluding carboxylic acids is 1. The van der Waals surface area contributed by atoms with Crippen LogP contribution in [0.4, 0.5) is 4.79 Å². The van der Waals surface area contributed by atoms with Crippen LogP contribution >= 0.6 is 0 Å². The summed E-state index contributed by atoms with van der Waals surface area (Å²) in [5.41, 5.74) is 11.9. The molecular weight excluding hydrogens is 234 g/mol. The topological polar surface area (TPSA) is 102 Å². The van der Waals surface area contributed by atoms with E-state index in [1.807, 2.05) is 20.8 Å². The van der Waals surface area contributed by atoms with Crippen LogP contribution < -0.4 is 11.5 Å². The average Bonchev–Trinajstić information content (AvgIpc) is 2.66. The number of aliphatic hydroxyl groups excluding tert-OH is 1. The van der Waals surface area contributed by atoms with Gasteiger partial charge in [0.1, 0.15) is 6.23 Å². The minimum Gasteiger partial charge on any atom is -0.394 e. The number of hydrogen-bond donors (Lipinski definition) is 3. The first-order valence-corrected chi connectivity index (χ1v) is 6.14. The van der Waals surface area contributed by atoms with Gasteiger partial charge < -0.3 is 21.3 Å². The predicted octanol–water partition coefficient (Wildman–Crippen LogP) is 0.362. The number of amides is 2. The molecule has 0 spiro atoms. The lowest BCUT2D eigenvalue weighted by atomic mass is 10.0. The highest BCUT2D eigenvalue weighted by Crippen LogP contribution is 2.28. The van der Waals surface area contributed by atoms with Gasteiger partial charge in [-0.3, -0.25) is 4.90 Å². The summed E-state index contributed by atoms with van der Waals surface area (Å²) in [6.07, 6.45) is 1.60. The maximum Gasteiger partial charge on any atom is 0.320 e. The number of hydrogen-bond acceptors (Lipinski definition) is 4. The van der Waals surface area contributed by atoms with Crippen molar-refractivity contribution in [3.05, 3.63) is 11.8 Å². The lowest BCUT2D eigenvalue weighted by molar-refractivity contribution is -0.0407. The smallest absolute Gasteiger partial charge is 0.320 e. The molecule has 6 heteroatoms. The van der Waals surface area contributed by atoms with Gasteiger partial charge in [0.25, 0.3) is 0 Å². The molecule has 2 amide bonds. The number of nitrogens with zero attached hydrogens (tertiary/aromatic N) is 1. The molecule has 1 aliphatic heterocycles. The summed E-state index contributed by atoms with van der Waals surface area (Å²) < 4.78 is 5.62. The van der Waals surface area contributed by atoms with E-state index in [9.17, 15) is 4.79 Å². The predicted molar refractivity (Wildman–Crippen MR) is 68.4 cm³/mol. The van der Waals surface area contributed by atoms with Crippen molar-refractivity contribution in [1.29, 1.82) is 0 Å². The van der Waals surface area contributed by atoms with Crippen LogP contribution in [-0.2, 0) is 4.74 Å². The Kier molecular flexibility index (Phi) is 5.13. The van der Waals surface area contributed by atoms with E-state index < -0.39 is 12.3 Å². The van der Waals surface area contributed by atoms with Crippen molar-refractivity contribution in [2.75, 3.05) is 6.61 Å². The number of carbonyl (C=O) groups is 1. The van der Waals surface area contributed by atoms with Crippen molar-refractivity contribution >= 4 is 6.03 Å². The molecule has 1 rings (SSSR count). The maximum atomic E-state index is 11.5. The third-order valence-electron chi connectivity index (χ3n) is 3.35. The summed E-state index contributed by atoms with van der Waals surface area (Å²) in [6, 6.07) is -0.731. The Morgan fingerprint density at radius 2 is 2.28 bits per heavy atom. The number of primary amides is 1. The van der Waals surface area contributed by atoms with Crippen LogP contribution in [0.25, 0.3) is 0 Å². The van der Waals surface area contributed by atoms with E-state index in [2.05, 4.69) is 0 Å². The maximum absolute atomic E-state index is 11.5. The average molecular weight is 257 g/mol. The zero-order valence-electron chi connectivity index (χ0n) is 11.2. The first-order chi connectivity index (χ1) is 8.36. The largest absolute Gasteiger partial charge is 0.394 e. The van der Waals surface area contributed by atoms with E-state index in [0.717, 1.165) is 5.57 Å². The molecule has 0 aliphatic carbocycles. The summed E-state index contributed by atoms with van der Waals surface area (Å²) in [4.78, 5) is 12.8. The molecular formula is C12H23N3O3. The van der Waals surface area contributed by atoms with Crippen molar-refractivity contribution in [2.45, 2.75) is 45.6 Å². The normalized spacial score (nSPS) is 30.3. The Labute approximate surface area is 108 Å². The number of rotatable bonds is 4. The first kappa shape index (κ1) is 14.9. The monoisotopic (exact) mass is 257 g/mol. The Morgan fingerprint density at radius 1 is 1.67 bits per heavy atom. The van der Waals surface area contributed by atoms with Crippen LogP contribution in [0.1, 0.15) is 27.2 Å². The van der Waals surface area contributed by atoms with Gasteiger partial charge in [0, 0.05) is 12.2 Å². The molecule has 1 aliphatic rings. The fourth-order valence-corrected chi connectivity index (χ4v) is 1.89. The molecule has 0 radical (unpaired) electrons. The summed E-state index contributed by atoms with van der Waals surface area (Å²) in [6.45, 7) is 5.59. The van der Waals surface area contributed by atoms with Gasteiger partial charge in [0.2, 0.25) is 0 Å². The Hall–Kier alpha value is -1.11. The Balaban J connectivity index is 2.82. The fourth-order valence-electron chi connectivity index (χ4n) is 1.89. The van der Waals surface area contributed by atoms with Crippen LogP contribution in [0.15, 0.2) is 11.8 Å². The molecule has 4 unspecified atom stereocenters. The van der Waals surface area contributed by atoms with E-state index in [-0.39, 0.29) is 24.7 Å². The van der Waals surface area contributed by atoms with Crippen LogP contribution in [0.2, 0.25) is 0 Å². The van der Waals surface area contributed by atoms with Gasteiger partial charge in [-0.25, -0.2) is 4.79 Å². The molecule has 5 N–H and O–H groups in total. The van der Waals surface area contributed by atoms with Gasteiger partial charge in [-0.2, -0.15) is 0 Å². The van der Waals surface area contributed by atoms with Gasteiger partial charge in [0.05, 0.1) is 12.7 Å². The van der Waals surface area contributed by atoms with Gasteiger partial charge in [-0.05, 0) is 31.8 Å². The highest BCUT2D eigenvalue weighted by molar-refractivity contribution is 5.73. The first-order valence-electron chi connectivity index (χ1n) is 6.14. The van der Waals surface area contributed by atoms with Gasteiger partial charge in [-0.1, -0.05) is 6.92 Å². The standard InChI is InChI=1S/C12H23N3O3/c1-7-4-11(18-10(7)6-16)15(12(14)17)5-8(2)9(3)13/h5,7,9-11,16H,4,6,13H2,1-3H3,(H2,14,17). The zero-order valence-corrected chi connectivity index (χ0v) is 11.2. The Bertz CT molecular complexity index is 331. The summed E-state index contributed by atoms with van der Waals surface area (Å²) in [5.74, 6) is 0.186. The van der Waals surface area contributed by atoms with Crippen LogP contribution in [-0.4, -0.2) is 41.0 Å². The summed E-state index contributed by atoms with van der Waals surface area (Å²) >= 11 is 0. The quantitative estimate of drug-likeness (QED) is 0.676. The molecule has 0 aromatic heterocycles. The van der Waals surface area contributed by atoms with E-state index in [0.29, 0.717) is 6.42 Å². The number of urea groups is 1. The summed E-state index contributed by atoms with van der Waals surface area (Å²) in [7, 11) is 0. The van der Waals surface area contributed by atoms with Gasteiger partial charge in [-0.15, -0.1) is 0 Å². The second-order valence-corrected chi connectivity index (χ2v) is 4.93. The van der Waals surface area contributed by atoms with Crippen molar-refractivity contribution < 1.29 is 14.6 Å².